The minimum absolute atomic E-state index is 0.185. The second-order valence-electron chi connectivity index (χ2n) is 3.86. The molecule has 0 saturated heterocycles. The fourth-order valence-electron chi connectivity index (χ4n) is 1.90. The smallest absolute Gasteiger partial charge is 0.339 e. The van der Waals surface area contributed by atoms with Gasteiger partial charge in [-0.05, 0) is 19.1 Å². The highest BCUT2D eigenvalue weighted by Gasteiger charge is 2.30. The van der Waals surface area contributed by atoms with E-state index in [4.69, 9.17) is 18.9 Å². The molecule has 0 aliphatic carbocycles. The zero-order valence-electron chi connectivity index (χ0n) is 10.8. The second kappa shape index (κ2) is 5.79. The molecule has 1 aliphatic heterocycles. The molecule has 104 valence electrons. The number of ether oxygens (including phenoxy) is 4. The van der Waals surface area contributed by atoms with Gasteiger partial charge >= 0.3 is 5.97 Å². The van der Waals surface area contributed by atoms with Gasteiger partial charge in [0, 0.05) is 0 Å². The molecule has 0 amide bonds. The molecule has 1 heterocycles. The van der Waals surface area contributed by atoms with Crippen molar-refractivity contribution >= 4 is 5.97 Å². The van der Waals surface area contributed by atoms with Crippen molar-refractivity contribution in [1.82, 2.24) is 0 Å². The van der Waals surface area contributed by atoms with Crippen LogP contribution in [0.3, 0.4) is 0 Å². The Morgan fingerprint density at radius 2 is 2.16 bits per heavy atom. The standard InChI is InChI=1S/C13H16O6/c1-3-17-13(15)11(14)10-8(16-2)4-5-9-12(10)19-7-6-18-9/h4-5,11,14H,3,6-7H2,1-2H3. The Bertz CT molecular complexity index is 470. The average Bonchev–Trinajstić information content (AvgIpc) is 2.45. The molecule has 2 rings (SSSR count). The van der Waals surface area contributed by atoms with Gasteiger partial charge in [0.2, 0.25) is 0 Å². The molecule has 1 aromatic rings. The van der Waals surface area contributed by atoms with Crippen molar-refractivity contribution in [2.45, 2.75) is 13.0 Å². The van der Waals surface area contributed by atoms with Crippen LogP contribution < -0.4 is 14.2 Å². The first-order valence-electron chi connectivity index (χ1n) is 6.00. The molecule has 0 bridgehead atoms. The van der Waals surface area contributed by atoms with Crippen LogP contribution >= 0.6 is 0 Å². The van der Waals surface area contributed by atoms with E-state index in [0.717, 1.165) is 0 Å². The van der Waals surface area contributed by atoms with Gasteiger partial charge in [0.05, 0.1) is 19.3 Å². The molecule has 1 aromatic carbocycles. The molecule has 19 heavy (non-hydrogen) atoms. The Morgan fingerprint density at radius 3 is 2.84 bits per heavy atom. The normalized spacial score (nSPS) is 14.7. The van der Waals surface area contributed by atoms with E-state index in [2.05, 4.69) is 0 Å². The summed E-state index contributed by atoms with van der Waals surface area (Å²) in [7, 11) is 1.45. The number of aliphatic hydroxyl groups excluding tert-OH is 1. The minimum Gasteiger partial charge on any atom is -0.496 e. The first kappa shape index (κ1) is 13.5. The monoisotopic (exact) mass is 268 g/mol. The van der Waals surface area contributed by atoms with Gasteiger partial charge in [-0.2, -0.15) is 0 Å². The Balaban J connectivity index is 2.43. The van der Waals surface area contributed by atoms with Crippen molar-refractivity contribution in [3.8, 4) is 17.2 Å². The van der Waals surface area contributed by atoms with Gasteiger partial charge in [0.25, 0.3) is 0 Å². The number of carbonyl (C=O) groups excluding carboxylic acids is 1. The number of carbonyl (C=O) groups is 1. The molecule has 0 aromatic heterocycles. The highest BCUT2D eigenvalue weighted by atomic mass is 16.6. The van der Waals surface area contributed by atoms with E-state index in [1.807, 2.05) is 0 Å². The van der Waals surface area contributed by atoms with E-state index in [-0.39, 0.29) is 12.2 Å². The maximum absolute atomic E-state index is 11.7. The fourth-order valence-corrected chi connectivity index (χ4v) is 1.90. The first-order chi connectivity index (χ1) is 9.19. The number of hydrogen-bond donors (Lipinski definition) is 1. The van der Waals surface area contributed by atoms with Crippen molar-refractivity contribution in [3.63, 3.8) is 0 Å². The Labute approximate surface area is 110 Å². The van der Waals surface area contributed by atoms with Crippen molar-refractivity contribution in [2.24, 2.45) is 0 Å². The number of hydrogen-bond acceptors (Lipinski definition) is 6. The van der Waals surface area contributed by atoms with Crippen molar-refractivity contribution in [2.75, 3.05) is 26.9 Å². The lowest BCUT2D eigenvalue weighted by molar-refractivity contribution is -0.153. The minimum atomic E-state index is -1.47. The van der Waals surface area contributed by atoms with E-state index < -0.39 is 12.1 Å². The van der Waals surface area contributed by atoms with Crippen LogP contribution in [0.4, 0.5) is 0 Å². The molecular weight excluding hydrogens is 252 g/mol. The summed E-state index contributed by atoms with van der Waals surface area (Å²) in [6.45, 7) is 2.63. The lowest BCUT2D eigenvalue weighted by Gasteiger charge is -2.24. The van der Waals surface area contributed by atoms with Crippen LogP contribution in [0.25, 0.3) is 0 Å². The zero-order chi connectivity index (χ0) is 13.8. The largest absolute Gasteiger partial charge is 0.496 e. The lowest BCUT2D eigenvalue weighted by atomic mass is 10.1. The van der Waals surface area contributed by atoms with E-state index in [1.54, 1.807) is 19.1 Å². The van der Waals surface area contributed by atoms with E-state index >= 15 is 0 Å². The number of fused-ring (bicyclic) bond motifs is 1. The molecule has 1 aliphatic rings. The van der Waals surface area contributed by atoms with Crippen molar-refractivity contribution < 1.29 is 28.8 Å². The highest BCUT2D eigenvalue weighted by Crippen LogP contribution is 2.43. The van der Waals surface area contributed by atoms with Crippen molar-refractivity contribution in [1.29, 1.82) is 0 Å². The molecular formula is C13H16O6. The molecule has 0 saturated carbocycles. The topological polar surface area (TPSA) is 74.2 Å². The third kappa shape index (κ3) is 2.58. The van der Waals surface area contributed by atoms with E-state index in [0.29, 0.717) is 30.5 Å². The zero-order valence-corrected chi connectivity index (χ0v) is 10.8. The maximum Gasteiger partial charge on any atom is 0.339 e. The van der Waals surface area contributed by atoms with Crippen LogP contribution in [0, 0.1) is 0 Å². The van der Waals surface area contributed by atoms with Gasteiger partial charge in [-0.3, -0.25) is 0 Å². The molecule has 6 nitrogen and oxygen atoms in total. The number of aliphatic hydroxyl groups is 1. The van der Waals surface area contributed by atoms with E-state index in [9.17, 15) is 9.90 Å². The average molecular weight is 268 g/mol. The molecule has 0 radical (unpaired) electrons. The summed E-state index contributed by atoms with van der Waals surface area (Å²) in [6.07, 6.45) is -1.47. The van der Waals surface area contributed by atoms with Crippen LogP contribution in [-0.2, 0) is 9.53 Å². The third-order valence-electron chi connectivity index (χ3n) is 2.71. The summed E-state index contributed by atoms with van der Waals surface area (Å²) in [6, 6.07) is 3.29. The summed E-state index contributed by atoms with van der Waals surface area (Å²) in [4.78, 5) is 11.7. The number of esters is 1. The van der Waals surface area contributed by atoms with Gasteiger partial charge in [-0.25, -0.2) is 4.79 Å². The summed E-state index contributed by atoms with van der Waals surface area (Å²) in [5.41, 5.74) is 0.234. The first-order valence-corrected chi connectivity index (χ1v) is 6.00. The molecule has 1 N–H and O–H groups in total. The number of benzene rings is 1. The Kier molecular flexibility index (Phi) is 4.11. The second-order valence-corrected chi connectivity index (χ2v) is 3.86. The molecule has 6 heteroatoms. The number of rotatable bonds is 4. The quantitative estimate of drug-likeness (QED) is 0.823. The Hall–Kier alpha value is -1.95. The lowest BCUT2D eigenvalue weighted by Crippen LogP contribution is -2.21. The maximum atomic E-state index is 11.7. The molecule has 1 atom stereocenters. The summed E-state index contributed by atoms with van der Waals surface area (Å²) in [5.74, 6) is 0.407. The predicted molar refractivity (Wildman–Crippen MR) is 65.6 cm³/mol. The van der Waals surface area contributed by atoms with Gasteiger partial charge in [-0.1, -0.05) is 0 Å². The molecule has 1 unspecified atom stereocenters. The number of methoxy groups -OCH3 is 1. The van der Waals surface area contributed by atoms with Gasteiger partial charge in [-0.15, -0.1) is 0 Å². The Morgan fingerprint density at radius 1 is 1.42 bits per heavy atom. The van der Waals surface area contributed by atoms with Crippen LogP contribution in [0.15, 0.2) is 12.1 Å². The fraction of sp³-hybridized carbons (Fsp3) is 0.462. The van der Waals surface area contributed by atoms with Crippen LogP contribution in [0.5, 0.6) is 17.2 Å². The predicted octanol–water partition coefficient (Wildman–Crippen LogP) is 1.06. The summed E-state index contributed by atoms with van der Waals surface area (Å²) < 4.78 is 20.8. The van der Waals surface area contributed by atoms with Gasteiger partial charge < -0.3 is 24.1 Å². The third-order valence-corrected chi connectivity index (χ3v) is 2.71. The van der Waals surface area contributed by atoms with Crippen molar-refractivity contribution in [3.05, 3.63) is 17.7 Å². The summed E-state index contributed by atoms with van der Waals surface area (Å²) >= 11 is 0. The molecule has 0 fully saturated rings. The van der Waals surface area contributed by atoms with Crippen LogP contribution in [-0.4, -0.2) is 38.0 Å². The van der Waals surface area contributed by atoms with Crippen LogP contribution in [0.2, 0.25) is 0 Å². The molecule has 0 spiro atoms. The van der Waals surface area contributed by atoms with E-state index in [1.165, 1.54) is 7.11 Å². The summed E-state index contributed by atoms with van der Waals surface area (Å²) in [5, 5.41) is 10.1. The SMILES string of the molecule is CCOC(=O)C(O)c1c(OC)ccc2c1OCCO2. The van der Waals surface area contributed by atoms with Gasteiger partial charge in [0.1, 0.15) is 19.0 Å². The van der Waals surface area contributed by atoms with Gasteiger partial charge in [0.15, 0.2) is 17.6 Å². The highest BCUT2D eigenvalue weighted by molar-refractivity contribution is 5.79. The van der Waals surface area contributed by atoms with Crippen LogP contribution in [0.1, 0.15) is 18.6 Å².